The van der Waals surface area contributed by atoms with Crippen LogP contribution < -0.4 is 0 Å². The zero-order chi connectivity index (χ0) is 22.6. The SMILES string of the molecule is O=C(OCC(=O)N1N=C2C(=Cc3ccccc3)CCCC2C1c1ccccc1)c1ccco1. The minimum absolute atomic E-state index is 0.0666. The van der Waals surface area contributed by atoms with E-state index in [4.69, 9.17) is 14.3 Å². The summed E-state index contributed by atoms with van der Waals surface area (Å²) in [6.45, 7) is -0.399. The van der Waals surface area contributed by atoms with Crippen LogP contribution in [-0.4, -0.2) is 29.2 Å². The molecule has 2 unspecified atom stereocenters. The number of hydrogen-bond donors (Lipinski definition) is 0. The van der Waals surface area contributed by atoms with E-state index in [1.54, 1.807) is 6.07 Å². The van der Waals surface area contributed by atoms with Crippen LogP contribution >= 0.6 is 0 Å². The van der Waals surface area contributed by atoms with Crippen molar-refractivity contribution in [3.8, 4) is 0 Å². The number of ether oxygens (including phenoxy) is 1. The molecule has 0 radical (unpaired) electrons. The molecule has 0 bridgehead atoms. The summed E-state index contributed by atoms with van der Waals surface area (Å²) in [7, 11) is 0. The van der Waals surface area contributed by atoms with E-state index >= 15 is 0 Å². The summed E-state index contributed by atoms with van der Waals surface area (Å²) in [4.78, 5) is 25.4. The van der Waals surface area contributed by atoms with Crippen molar-refractivity contribution in [1.82, 2.24) is 5.01 Å². The van der Waals surface area contributed by atoms with Crippen molar-refractivity contribution in [2.45, 2.75) is 25.3 Å². The Kier molecular flexibility index (Phi) is 5.89. The van der Waals surface area contributed by atoms with E-state index in [-0.39, 0.29) is 23.6 Å². The second-order valence-electron chi connectivity index (χ2n) is 8.21. The predicted molar refractivity (Wildman–Crippen MR) is 124 cm³/mol. The molecule has 1 aliphatic carbocycles. The van der Waals surface area contributed by atoms with Crippen molar-refractivity contribution >= 4 is 23.7 Å². The Morgan fingerprint density at radius 1 is 1.03 bits per heavy atom. The molecule has 2 heterocycles. The zero-order valence-corrected chi connectivity index (χ0v) is 18.1. The zero-order valence-electron chi connectivity index (χ0n) is 18.1. The summed E-state index contributed by atoms with van der Waals surface area (Å²) >= 11 is 0. The van der Waals surface area contributed by atoms with Crippen molar-refractivity contribution in [1.29, 1.82) is 0 Å². The Bertz CT molecular complexity index is 1180. The number of benzene rings is 2. The van der Waals surface area contributed by atoms with Crippen molar-refractivity contribution in [2.75, 3.05) is 6.61 Å². The lowest BCUT2D eigenvalue weighted by molar-refractivity contribution is -0.137. The van der Waals surface area contributed by atoms with Crippen LogP contribution in [0.3, 0.4) is 0 Å². The molecule has 2 aromatic carbocycles. The average molecular weight is 440 g/mol. The number of nitrogens with zero attached hydrogens (tertiary/aromatic N) is 2. The van der Waals surface area contributed by atoms with E-state index in [1.165, 1.54) is 17.3 Å². The normalized spacial score (nSPS) is 20.9. The van der Waals surface area contributed by atoms with Gasteiger partial charge in [-0.2, -0.15) is 5.10 Å². The van der Waals surface area contributed by atoms with Gasteiger partial charge >= 0.3 is 5.97 Å². The highest BCUT2D eigenvalue weighted by Crippen LogP contribution is 2.44. The number of allylic oxidation sites excluding steroid dienone is 1. The highest BCUT2D eigenvalue weighted by Gasteiger charge is 2.43. The molecule has 2 atom stereocenters. The van der Waals surface area contributed by atoms with Crippen LogP contribution in [0.1, 0.15) is 47.0 Å². The second kappa shape index (κ2) is 9.28. The van der Waals surface area contributed by atoms with E-state index in [1.807, 2.05) is 48.5 Å². The van der Waals surface area contributed by atoms with Crippen molar-refractivity contribution in [2.24, 2.45) is 11.0 Å². The molecule has 6 nitrogen and oxygen atoms in total. The molecule has 1 aliphatic heterocycles. The van der Waals surface area contributed by atoms with Crippen molar-refractivity contribution < 1.29 is 18.7 Å². The molecule has 33 heavy (non-hydrogen) atoms. The summed E-state index contributed by atoms with van der Waals surface area (Å²) in [6.07, 6.45) is 6.45. The van der Waals surface area contributed by atoms with Crippen molar-refractivity contribution in [3.63, 3.8) is 0 Å². The highest BCUT2D eigenvalue weighted by molar-refractivity contribution is 6.08. The van der Waals surface area contributed by atoms with Gasteiger partial charge in [-0.15, -0.1) is 0 Å². The first kappa shape index (κ1) is 20.9. The van der Waals surface area contributed by atoms with Gasteiger partial charge in [-0.25, -0.2) is 9.80 Å². The van der Waals surface area contributed by atoms with E-state index in [9.17, 15) is 9.59 Å². The van der Waals surface area contributed by atoms with E-state index in [0.717, 1.165) is 41.7 Å². The number of furan rings is 1. The van der Waals surface area contributed by atoms with E-state index in [2.05, 4.69) is 18.2 Å². The molecule has 166 valence electrons. The number of rotatable bonds is 5. The fourth-order valence-corrected chi connectivity index (χ4v) is 4.60. The smallest absolute Gasteiger partial charge is 0.374 e. The maximum absolute atomic E-state index is 13.2. The molecule has 1 aromatic heterocycles. The predicted octanol–water partition coefficient (Wildman–Crippen LogP) is 5.26. The van der Waals surface area contributed by atoms with Gasteiger partial charge in [-0.3, -0.25) is 4.79 Å². The van der Waals surface area contributed by atoms with Crippen molar-refractivity contribution in [3.05, 3.63) is 102 Å². The molecule has 6 heteroatoms. The lowest BCUT2D eigenvalue weighted by atomic mass is 9.77. The maximum Gasteiger partial charge on any atom is 0.374 e. The summed E-state index contributed by atoms with van der Waals surface area (Å²) in [6, 6.07) is 23.0. The summed E-state index contributed by atoms with van der Waals surface area (Å²) in [5.41, 5.74) is 4.24. The van der Waals surface area contributed by atoms with Gasteiger partial charge in [0, 0.05) is 5.92 Å². The van der Waals surface area contributed by atoms with Gasteiger partial charge in [0.05, 0.1) is 18.0 Å². The van der Waals surface area contributed by atoms with Crippen LogP contribution in [-0.2, 0) is 9.53 Å². The quantitative estimate of drug-likeness (QED) is 0.508. The Labute approximate surface area is 192 Å². The van der Waals surface area contributed by atoms with Gasteiger partial charge in [-0.05, 0) is 54.2 Å². The second-order valence-corrected chi connectivity index (χ2v) is 8.21. The minimum atomic E-state index is -0.668. The maximum atomic E-state index is 13.2. The van der Waals surface area contributed by atoms with Crippen LogP contribution in [0.2, 0.25) is 0 Å². The van der Waals surface area contributed by atoms with E-state index in [0.29, 0.717) is 0 Å². The number of hydrogen-bond acceptors (Lipinski definition) is 5. The standard InChI is InChI=1S/C27H24N2O4/c30-24(18-33-27(31)23-15-8-16-32-23)29-26(20-11-5-2-6-12-20)22-14-7-13-21(25(22)28-29)17-19-9-3-1-4-10-19/h1-6,8-12,15-17,22,26H,7,13-14,18H2. The minimum Gasteiger partial charge on any atom is -0.457 e. The Balaban J connectivity index is 1.44. The first-order chi connectivity index (χ1) is 16.2. The summed E-state index contributed by atoms with van der Waals surface area (Å²) in [5, 5.41) is 6.31. The monoisotopic (exact) mass is 440 g/mol. The molecular weight excluding hydrogens is 416 g/mol. The van der Waals surface area contributed by atoms with Crippen LogP contribution in [0.15, 0.2) is 94.2 Å². The molecule has 0 saturated heterocycles. The number of hydrazone groups is 1. The summed E-state index contributed by atoms with van der Waals surface area (Å²) in [5.74, 6) is -0.860. The number of amides is 1. The lowest BCUT2D eigenvalue weighted by Crippen LogP contribution is -2.34. The first-order valence-electron chi connectivity index (χ1n) is 11.1. The fraction of sp³-hybridized carbons (Fsp3) is 0.222. The average Bonchev–Trinajstić information content (AvgIpc) is 3.53. The molecule has 1 fully saturated rings. The van der Waals surface area contributed by atoms with Crippen LogP contribution in [0, 0.1) is 5.92 Å². The van der Waals surface area contributed by atoms with Crippen LogP contribution in [0.4, 0.5) is 0 Å². The molecule has 2 aliphatic rings. The molecular formula is C27H24N2O4. The third-order valence-electron chi connectivity index (χ3n) is 6.09. The number of fused-ring (bicyclic) bond motifs is 1. The highest BCUT2D eigenvalue weighted by atomic mass is 16.5. The van der Waals surface area contributed by atoms with Crippen LogP contribution in [0.25, 0.3) is 6.08 Å². The largest absolute Gasteiger partial charge is 0.457 e. The van der Waals surface area contributed by atoms with Gasteiger partial charge in [0.2, 0.25) is 5.76 Å². The fourth-order valence-electron chi connectivity index (χ4n) is 4.60. The molecule has 0 spiro atoms. The van der Waals surface area contributed by atoms with Gasteiger partial charge in [0.25, 0.3) is 5.91 Å². The molecule has 0 N–H and O–H groups in total. The van der Waals surface area contributed by atoms with Gasteiger partial charge in [0.1, 0.15) is 0 Å². The summed E-state index contributed by atoms with van der Waals surface area (Å²) < 4.78 is 10.3. The number of carbonyl (C=O) groups is 2. The Morgan fingerprint density at radius 3 is 2.52 bits per heavy atom. The Hall–Kier alpha value is -3.93. The molecule has 1 amide bonds. The number of carbonyl (C=O) groups excluding carboxylic acids is 2. The molecule has 3 aromatic rings. The number of esters is 1. The first-order valence-corrected chi connectivity index (χ1v) is 11.1. The van der Waals surface area contributed by atoms with Crippen LogP contribution in [0.5, 0.6) is 0 Å². The van der Waals surface area contributed by atoms with Gasteiger partial charge < -0.3 is 9.15 Å². The molecule has 1 saturated carbocycles. The lowest BCUT2D eigenvalue weighted by Gasteiger charge is -2.29. The van der Waals surface area contributed by atoms with E-state index < -0.39 is 12.6 Å². The van der Waals surface area contributed by atoms with Gasteiger partial charge in [0.15, 0.2) is 6.61 Å². The third kappa shape index (κ3) is 4.37. The van der Waals surface area contributed by atoms with Gasteiger partial charge in [-0.1, -0.05) is 60.7 Å². The third-order valence-corrected chi connectivity index (χ3v) is 6.09. The topological polar surface area (TPSA) is 72.1 Å². The Morgan fingerprint density at radius 2 is 1.79 bits per heavy atom. The molecule has 5 rings (SSSR count).